The predicted octanol–water partition coefficient (Wildman–Crippen LogP) is 0.128. The molecule has 4 nitrogen and oxygen atoms in total. The van der Waals surface area contributed by atoms with Crippen molar-refractivity contribution in [2.45, 2.75) is 6.92 Å². The molecule has 0 atom stereocenters. The van der Waals surface area contributed by atoms with Crippen molar-refractivity contribution < 1.29 is 0 Å². The van der Waals surface area contributed by atoms with Gasteiger partial charge < -0.3 is 0 Å². The number of nitrogens with zero attached hydrogens (tertiary/aromatic N) is 2. The fourth-order valence-corrected chi connectivity index (χ4v) is 0.0707. The second-order valence-electron chi connectivity index (χ2n) is 0.856. The lowest BCUT2D eigenvalue weighted by molar-refractivity contribution is 0.285. The highest BCUT2D eigenvalue weighted by molar-refractivity contribution is 4.19. The van der Waals surface area contributed by atoms with Crippen LogP contribution in [0.5, 0.6) is 0 Å². The first-order valence-corrected chi connectivity index (χ1v) is 1.71. The molecule has 0 rings (SSSR count). The van der Waals surface area contributed by atoms with Crippen LogP contribution in [0, 0.1) is 5.53 Å². The van der Waals surface area contributed by atoms with Gasteiger partial charge >= 0.3 is 0 Å². The Balaban J connectivity index is 2.96. The molecule has 0 spiro atoms. The molecule has 3 N–H and O–H groups in total. The molecule has 4 heteroatoms. The van der Waals surface area contributed by atoms with Gasteiger partial charge in [-0.2, -0.15) is 5.53 Å². The van der Waals surface area contributed by atoms with E-state index in [1.165, 1.54) is 0 Å². The summed E-state index contributed by atoms with van der Waals surface area (Å²) in [4.78, 5) is 0. The van der Waals surface area contributed by atoms with Crippen molar-refractivity contribution in [3.8, 4) is 0 Å². The average molecular weight is 88.1 g/mol. The third kappa shape index (κ3) is 1.66. The molecule has 0 aromatic rings. The molecular weight excluding hydrogens is 80.0 g/mol. The minimum absolute atomic E-state index is 0.587. The van der Waals surface area contributed by atoms with Gasteiger partial charge in [0.2, 0.25) is 0 Å². The maximum Gasteiger partial charge on any atom is 0.0519 e. The Bertz CT molecular complexity index is 42.8. The monoisotopic (exact) mass is 88.1 g/mol. The van der Waals surface area contributed by atoms with Crippen molar-refractivity contribution in [1.29, 1.82) is 5.53 Å². The van der Waals surface area contributed by atoms with Crippen molar-refractivity contribution in [1.82, 2.24) is 5.12 Å². The predicted molar refractivity (Wildman–Crippen MR) is 21.7 cm³/mol. The summed E-state index contributed by atoms with van der Waals surface area (Å²) in [7, 11) is 0. The standard InChI is InChI=1S/C2H8N4/c1-2-6(4)5-3/h3H,2,4H2,1H3. The Kier molecular flexibility index (Phi) is 2.31. The van der Waals surface area contributed by atoms with Gasteiger partial charge in [-0.05, 0) is 6.92 Å². The highest BCUT2D eigenvalue weighted by atomic mass is 15.7. The van der Waals surface area contributed by atoms with Crippen LogP contribution in [0.15, 0.2) is 5.22 Å². The lowest BCUT2D eigenvalue weighted by atomic mass is 10.8. The summed E-state index contributed by atoms with van der Waals surface area (Å²) in [6.45, 7) is 2.40. The fraction of sp³-hybridized carbons (Fsp3) is 1.00. The van der Waals surface area contributed by atoms with E-state index in [1.54, 1.807) is 0 Å². The smallest absolute Gasteiger partial charge is 0.0519 e. The van der Waals surface area contributed by atoms with Gasteiger partial charge in [0, 0.05) is 0 Å². The van der Waals surface area contributed by atoms with Crippen molar-refractivity contribution in [3.63, 3.8) is 0 Å². The molecule has 0 heterocycles. The largest absolute Gasteiger partial charge is 0.230 e. The van der Waals surface area contributed by atoms with E-state index >= 15 is 0 Å². The number of nitrogens with two attached hydrogens (primary N) is 1. The Morgan fingerprint density at radius 1 is 2.00 bits per heavy atom. The van der Waals surface area contributed by atoms with E-state index in [0.29, 0.717) is 6.54 Å². The highest BCUT2D eigenvalue weighted by Gasteiger charge is 1.77. The van der Waals surface area contributed by atoms with Crippen molar-refractivity contribution in [3.05, 3.63) is 0 Å². The molecule has 0 saturated heterocycles. The van der Waals surface area contributed by atoms with E-state index in [2.05, 4.69) is 5.22 Å². The normalized spacial score (nSPS) is 7.67. The molecule has 0 fully saturated rings. The van der Waals surface area contributed by atoms with Gasteiger partial charge in [-0.15, -0.1) is 0 Å². The van der Waals surface area contributed by atoms with Crippen LogP contribution in [0.4, 0.5) is 0 Å². The number of rotatable bonds is 2. The van der Waals surface area contributed by atoms with Crippen LogP contribution >= 0.6 is 0 Å². The SMILES string of the molecule is CCN(N)N=N. The minimum atomic E-state index is 0.587. The van der Waals surface area contributed by atoms with Crippen LogP contribution in [0.1, 0.15) is 6.92 Å². The average Bonchev–Trinajstić information content (AvgIpc) is 1.65. The van der Waals surface area contributed by atoms with E-state index in [-0.39, 0.29) is 0 Å². The Labute approximate surface area is 36.4 Å². The maximum atomic E-state index is 6.23. The maximum absolute atomic E-state index is 6.23. The Morgan fingerprint density at radius 3 is 2.50 bits per heavy atom. The highest BCUT2D eigenvalue weighted by Crippen LogP contribution is 1.69. The van der Waals surface area contributed by atoms with Crippen LogP contribution in [0.25, 0.3) is 0 Å². The second kappa shape index (κ2) is 2.59. The molecule has 0 bridgehead atoms. The van der Waals surface area contributed by atoms with E-state index < -0.39 is 0 Å². The topological polar surface area (TPSA) is 65.5 Å². The van der Waals surface area contributed by atoms with Crippen LogP contribution in [-0.4, -0.2) is 11.7 Å². The van der Waals surface area contributed by atoms with Gasteiger partial charge in [-0.3, -0.25) is 0 Å². The van der Waals surface area contributed by atoms with Crippen molar-refractivity contribution >= 4 is 0 Å². The molecule has 0 aromatic heterocycles. The van der Waals surface area contributed by atoms with Crippen LogP contribution in [-0.2, 0) is 0 Å². The van der Waals surface area contributed by atoms with Gasteiger partial charge in [0.15, 0.2) is 0 Å². The molecule has 6 heavy (non-hydrogen) atoms. The number of hydrogen-bond acceptors (Lipinski definition) is 3. The molecular formula is C2H8N4. The van der Waals surface area contributed by atoms with Gasteiger partial charge in [0.25, 0.3) is 0 Å². The number of nitrogens with one attached hydrogen (secondary N) is 1. The molecule has 0 saturated carbocycles. The summed E-state index contributed by atoms with van der Waals surface area (Å²) in [6.07, 6.45) is 0. The van der Waals surface area contributed by atoms with Gasteiger partial charge in [0.05, 0.1) is 6.54 Å². The summed E-state index contributed by atoms with van der Waals surface area (Å²) in [5.74, 6) is 4.95. The summed E-state index contributed by atoms with van der Waals surface area (Å²) in [5.41, 5.74) is 6.23. The second-order valence-corrected chi connectivity index (χ2v) is 0.856. The van der Waals surface area contributed by atoms with E-state index in [0.717, 1.165) is 5.12 Å². The lowest BCUT2D eigenvalue weighted by Gasteiger charge is -2.01. The fourth-order valence-electron chi connectivity index (χ4n) is 0.0707. The first kappa shape index (κ1) is 5.36. The zero-order valence-corrected chi connectivity index (χ0v) is 3.68. The first-order valence-electron chi connectivity index (χ1n) is 1.71. The zero-order chi connectivity index (χ0) is 4.99. The number of hydrogen-bond donors (Lipinski definition) is 2. The Hall–Kier alpha value is -0.640. The molecule has 0 aliphatic heterocycles. The van der Waals surface area contributed by atoms with E-state index in [9.17, 15) is 0 Å². The molecule has 0 aliphatic carbocycles. The van der Waals surface area contributed by atoms with Crippen LogP contribution in [0.3, 0.4) is 0 Å². The van der Waals surface area contributed by atoms with E-state index in [4.69, 9.17) is 11.4 Å². The third-order valence-electron chi connectivity index (χ3n) is 0.452. The van der Waals surface area contributed by atoms with Gasteiger partial charge in [-0.1, -0.05) is 5.22 Å². The molecule has 0 aliphatic rings. The molecule has 0 radical (unpaired) electrons. The Morgan fingerprint density at radius 2 is 2.50 bits per heavy atom. The molecule has 0 unspecified atom stereocenters. The van der Waals surface area contributed by atoms with Crippen LogP contribution in [0.2, 0.25) is 0 Å². The van der Waals surface area contributed by atoms with Gasteiger partial charge in [0.1, 0.15) is 0 Å². The quantitative estimate of drug-likeness (QED) is 0.286. The summed E-state index contributed by atoms with van der Waals surface area (Å²) < 4.78 is 0. The van der Waals surface area contributed by atoms with Crippen molar-refractivity contribution in [2.24, 2.45) is 11.1 Å². The lowest BCUT2D eigenvalue weighted by Crippen LogP contribution is -2.23. The molecule has 0 aromatic carbocycles. The summed E-state index contributed by atoms with van der Waals surface area (Å²) in [5, 5.41) is 3.91. The summed E-state index contributed by atoms with van der Waals surface area (Å²) in [6, 6.07) is 0. The van der Waals surface area contributed by atoms with E-state index in [1.807, 2.05) is 6.92 Å². The third-order valence-corrected chi connectivity index (χ3v) is 0.452. The summed E-state index contributed by atoms with van der Waals surface area (Å²) >= 11 is 0. The molecule has 36 valence electrons. The van der Waals surface area contributed by atoms with Crippen LogP contribution < -0.4 is 5.84 Å². The first-order chi connectivity index (χ1) is 2.81. The van der Waals surface area contributed by atoms with Crippen molar-refractivity contribution in [2.75, 3.05) is 6.54 Å². The molecule has 0 amide bonds. The van der Waals surface area contributed by atoms with Gasteiger partial charge in [-0.25, -0.2) is 11.0 Å². The minimum Gasteiger partial charge on any atom is -0.230 e. The zero-order valence-electron chi connectivity index (χ0n) is 3.68. The number of hydrazine groups is 1.